The number of anilines is 1. The number of aliphatic carboxylic acids is 1. The molecular formula is C43H46F3N5O9. The molecule has 4 aromatic carbocycles. The number of pyridine rings is 1. The maximum Gasteiger partial charge on any atom is 0.430 e. The molecule has 6 N–H and O–H groups in total. The lowest BCUT2D eigenvalue weighted by molar-refractivity contribution is -0.896. The molecule has 0 unspecified atom stereocenters. The Morgan fingerprint density at radius 1 is 0.917 bits per heavy atom. The summed E-state index contributed by atoms with van der Waals surface area (Å²) in [5, 5.41) is 39.3. The number of nitrogens with one attached hydrogen (secondary N) is 4. The number of halogens is 3. The Balaban J connectivity index is 0.000000896. The largest absolute Gasteiger partial charge is 0.542 e. The summed E-state index contributed by atoms with van der Waals surface area (Å²) in [7, 11) is 4.37. The van der Waals surface area contributed by atoms with E-state index in [0.29, 0.717) is 28.9 Å². The molecule has 60 heavy (non-hydrogen) atoms. The Bertz CT molecular complexity index is 2310. The number of benzene rings is 4. The summed E-state index contributed by atoms with van der Waals surface area (Å²) in [4.78, 5) is 48.8. The van der Waals surface area contributed by atoms with E-state index in [1.165, 1.54) is 12.1 Å². The number of aliphatic hydroxyl groups is 1. The lowest BCUT2D eigenvalue weighted by Crippen LogP contribution is -2.48. The van der Waals surface area contributed by atoms with E-state index in [0.717, 1.165) is 52.7 Å². The van der Waals surface area contributed by atoms with Gasteiger partial charge in [0.25, 0.3) is 5.91 Å². The number of aromatic amines is 1. The maximum atomic E-state index is 13.0. The Morgan fingerprint density at radius 3 is 2.25 bits per heavy atom. The first kappa shape index (κ1) is 44.7. The smallest absolute Gasteiger partial charge is 0.430 e. The van der Waals surface area contributed by atoms with Gasteiger partial charge in [-0.05, 0) is 52.6 Å². The van der Waals surface area contributed by atoms with Gasteiger partial charge in [0, 0.05) is 49.5 Å². The van der Waals surface area contributed by atoms with Crippen molar-refractivity contribution in [2.24, 2.45) is 0 Å². The van der Waals surface area contributed by atoms with Gasteiger partial charge < -0.3 is 49.7 Å². The normalized spacial score (nSPS) is 14.3. The molecule has 1 fully saturated rings. The summed E-state index contributed by atoms with van der Waals surface area (Å²) in [6, 6.07) is 28.8. The van der Waals surface area contributed by atoms with E-state index in [1.54, 1.807) is 24.3 Å². The Morgan fingerprint density at radius 2 is 1.58 bits per heavy atom. The van der Waals surface area contributed by atoms with Gasteiger partial charge in [0.05, 0.1) is 44.5 Å². The zero-order valence-corrected chi connectivity index (χ0v) is 32.9. The molecular weight excluding hydrogens is 787 g/mol. The summed E-state index contributed by atoms with van der Waals surface area (Å²) < 4.78 is 44.0. The highest BCUT2D eigenvalue weighted by atomic mass is 19.4. The number of phenols is 1. The van der Waals surface area contributed by atoms with Crippen molar-refractivity contribution in [2.75, 3.05) is 45.7 Å². The summed E-state index contributed by atoms with van der Waals surface area (Å²) in [6.07, 6.45) is -5.04. The quantitative estimate of drug-likeness (QED) is 0.0918. The third-order valence-corrected chi connectivity index (χ3v) is 9.74. The molecule has 6 rings (SSSR count). The first-order valence-corrected chi connectivity index (χ1v) is 19.0. The van der Waals surface area contributed by atoms with Crippen molar-refractivity contribution in [3.8, 4) is 22.6 Å². The molecule has 318 valence electrons. The van der Waals surface area contributed by atoms with Gasteiger partial charge >= 0.3 is 12.3 Å². The number of hydrogen-bond donors (Lipinski definition) is 6. The van der Waals surface area contributed by atoms with Crippen LogP contribution in [0, 0.1) is 0 Å². The number of alkyl halides is 3. The summed E-state index contributed by atoms with van der Waals surface area (Å²) in [6.45, 7) is 2.69. The van der Waals surface area contributed by atoms with E-state index < -0.39 is 24.3 Å². The molecule has 2 amide bonds. The molecule has 1 saturated heterocycles. The average Bonchev–Trinajstić information content (AvgIpc) is 3.21. The van der Waals surface area contributed by atoms with Crippen molar-refractivity contribution < 1.29 is 56.8 Å². The fourth-order valence-electron chi connectivity index (χ4n) is 6.44. The number of nitrogens with zero attached hydrogens (tertiary/aromatic N) is 1. The van der Waals surface area contributed by atoms with Gasteiger partial charge in [-0.1, -0.05) is 60.7 Å². The van der Waals surface area contributed by atoms with E-state index >= 15 is 0 Å². The zero-order valence-electron chi connectivity index (χ0n) is 32.9. The number of carbonyl (C=O) groups is 3. The third-order valence-electron chi connectivity index (χ3n) is 9.74. The standard InChI is InChI=1S/C41H45N5O7.C2HF3O2/c1-46(2)20-18-31(19-21-46)53-41(51)44-35-22-28(10-13-32(35)29-6-4-3-5-7-29)24-43-39(50)26-52-30-11-8-27(9-12-30)23-42-25-37(48)33-14-16-36(47)40-34(33)15-17-38(49)45-40;3-2(4,5)1(6)7/h3-17,22,31,37,42,48H,18-21,23-26H2,1-2H3,(H3-,43,44,45,47,49,50,51);(H,6,7)/t37-;/m0./s1. The molecule has 14 nitrogen and oxygen atoms in total. The number of hydrogen-bond acceptors (Lipinski definition) is 10. The zero-order chi connectivity index (χ0) is 43.5. The minimum Gasteiger partial charge on any atom is -0.542 e. The van der Waals surface area contributed by atoms with Crippen molar-refractivity contribution in [1.29, 1.82) is 0 Å². The van der Waals surface area contributed by atoms with E-state index in [2.05, 4.69) is 35.0 Å². The number of quaternary nitrogens is 1. The maximum absolute atomic E-state index is 13.0. The van der Waals surface area contributed by atoms with Crippen LogP contribution in [0.4, 0.5) is 23.7 Å². The van der Waals surface area contributed by atoms with Gasteiger partial charge in [0.1, 0.15) is 23.6 Å². The summed E-state index contributed by atoms with van der Waals surface area (Å²) in [5.41, 5.74) is 4.69. The molecule has 0 spiro atoms. The van der Waals surface area contributed by atoms with Gasteiger partial charge in [-0.15, -0.1) is 0 Å². The second kappa shape index (κ2) is 20.0. The first-order valence-electron chi connectivity index (χ1n) is 19.0. The fraction of sp³-hybridized carbons (Fsp3) is 0.302. The number of aromatic hydroxyl groups is 1. The SMILES string of the molecule is C[N+]1(C)CCC(OC(=O)Nc2cc(CNC(=O)COc3ccc(CNC[C@H](O)c4ccc(O)c5[nH]c(=O)ccc45)cc3)ccc2-c2ccccc2)CC1.O=C([O-])C(F)(F)F. The molecule has 2 heterocycles. The second-order valence-corrected chi connectivity index (χ2v) is 14.8. The number of ether oxygens (including phenoxy) is 2. The van der Waals surface area contributed by atoms with Crippen LogP contribution in [0.25, 0.3) is 22.0 Å². The van der Waals surface area contributed by atoms with Crippen molar-refractivity contribution in [3.05, 3.63) is 124 Å². The number of amides is 2. The second-order valence-electron chi connectivity index (χ2n) is 14.8. The molecule has 5 aromatic rings. The van der Waals surface area contributed by atoms with Crippen LogP contribution in [0.1, 0.15) is 35.6 Å². The van der Waals surface area contributed by atoms with E-state index in [1.807, 2.05) is 60.7 Å². The van der Waals surface area contributed by atoms with Gasteiger partial charge in [0.2, 0.25) is 5.56 Å². The van der Waals surface area contributed by atoms with Crippen molar-refractivity contribution in [1.82, 2.24) is 15.6 Å². The Labute approximate surface area is 343 Å². The number of fused-ring (bicyclic) bond motifs is 1. The first-order chi connectivity index (χ1) is 28.5. The van der Waals surface area contributed by atoms with Crippen LogP contribution < -0.4 is 31.4 Å². The van der Waals surface area contributed by atoms with Crippen LogP contribution in [0.3, 0.4) is 0 Å². The average molecular weight is 834 g/mol. The third kappa shape index (κ3) is 13.0. The number of aromatic nitrogens is 1. The number of carboxylic acids is 1. The molecule has 0 bridgehead atoms. The molecule has 17 heteroatoms. The molecule has 0 radical (unpaired) electrons. The van der Waals surface area contributed by atoms with Gasteiger partial charge in [-0.25, -0.2) is 4.79 Å². The van der Waals surface area contributed by atoms with Crippen LogP contribution in [-0.4, -0.2) is 90.3 Å². The Kier molecular flexibility index (Phi) is 14.9. The van der Waals surface area contributed by atoms with Crippen LogP contribution in [-0.2, 0) is 27.4 Å². The number of H-pyrrole nitrogens is 1. The molecule has 0 aliphatic carbocycles. The van der Waals surface area contributed by atoms with Crippen LogP contribution in [0.2, 0.25) is 0 Å². The Hall–Kier alpha value is -6.43. The highest BCUT2D eigenvalue weighted by Gasteiger charge is 2.29. The molecule has 1 aliphatic rings. The van der Waals surface area contributed by atoms with Crippen molar-refractivity contribution in [3.63, 3.8) is 0 Å². The van der Waals surface area contributed by atoms with Crippen LogP contribution in [0.15, 0.2) is 102 Å². The molecule has 1 aromatic heterocycles. The van der Waals surface area contributed by atoms with E-state index in [4.69, 9.17) is 19.4 Å². The number of likely N-dealkylation sites (tertiary alicyclic amines) is 1. The highest BCUT2D eigenvalue weighted by Crippen LogP contribution is 2.31. The lowest BCUT2D eigenvalue weighted by Gasteiger charge is -2.36. The van der Waals surface area contributed by atoms with E-state index in [9.17, 15) is 37.8 Å². The minimum atomic E-state index is -5.19. The summed E-state index contributed by atoms with van der Waals surface area (Å²) >= 11 is 0. The van der Waals surface area contributed by atoms with Gasteiger partial charge in [-0.2, -0.15) is 13.2 Å². The van der Waals surface area contributed by atoms with Gasteiger partial charge in [0.15, 0.2) is 6.61 Å². The van der Waals surface area contributed by atoms with E-state index in [-0.39, 0.29) is 48.5 Å². The van der Waals surface area contributed by atoms with Crippen LogP contribution in [0.5, 0.6) is 11.5 Å². The van der Waals surface area contributed by atoms with Gasteiger partial charge in [-0.3, -0.25) is 14.9 Å². The summed E-state index contributed by atoms with van der Waals surface area (Å²) in [5.74, 6) is -2.83. The van der Waals surface area contributed by atoms with Crippen molar-refractivity contribution >= 4 is 34.6 Å². The predicted octanol–water partition coefficient (Wildman–Crippen LogP) is 4.51. The highest BCUT2D eigenvalue weighted by molar-refractivity contribution is 5.92. The fourth-order valence-corrected chi connectivity index (χ4v) is 6.44. The molecule has 1 aliphatic heterocycles. The number of aliphatic hydroxyl groups excluding tert-OH is 1. The monoisotopic (exact) mass is 833 g/mol. The minimum absolute atomic E-state index is 0.0597. The predicted molar refractivity (Wildman–Crippen MR) is 215 cm³/mol. The van der Waals surface area contributed by atoms with Crippen LogP contribution >= 0.6 is 0 Å². The number of phenolic OH excluding ortho intramolecular Hbond substituents is 1. The molecule has 1 atom stereocenters. The number of carboxylic acid groups (broad SMARTS) is 1. The molecule has 0 saturated carbocycles. The lowest BCUT2D eigenvalue weighted by atomic mass is 10.0. The number of piperidine rings is 1. The number of rotatable bonds is 13. The van der Waals surface area contributed by atoms with Crippen molar-refractivity contribution in [2.45, 2.75) is 44.3 Å². The topological polar surface area (TPSA) is 202 Å². The number of carbonyl (C=O) groups excluding carboxylic acids is 3.